The van der Waals surface area contributed by atoms with E-state index in [0.717, 1.165) is 10.9 Å². The molecule has 0 aliphatic rings. The summed E-state index contributed by atoms with van der Waals surface area (Å²) >= 11 is 5.89. The van der Waals surface area contributed by atoms with Gasteiger partial charge in [0.15, 0.2) is 0 Å². The van der Waals surface area contributed by atoms with Crippen molar-refractivity contribution in [3.8, 4) is 0 Å². The van der Waals surface area contributed by atoms with Crippen molar-refractivity contribution in [2.24, 2.45) is 0 Å². The predicted octanol–water partition coefficient (Wildman–Crippen LogP) is 2.01. The van der Waals surface area contributed by atoms with Crippen LogP contribution >= 0.6 is 11.6 Å². The van der Waals surface area contributed by atoms with Crippen LogP contribution < -0.4 is 5.32 Å². The molecule has 1 aromatic heterocycles. The molecule has 0 radical (unpaired) electrons. The molecule has 0 bridgehead atoms. The molecule has 0 atom stereocenters. The molecule has 19 heavy (non-hydrogen) atoms. The first-order chi connectivity index (χ1) is 9.19. The van der Waals surface area contributed by atoms with Crippen molar-refractivity contribution in [1.29, 1.82) is 0 Å². The highest BCUT2D eigenvalue weighted by Gasteiger charge is 1.98. The number of benzene rings is 1. The first kappa shape index (κ1) is 13.5. The lowest BCUT2D eigenvalue weighted by molar-refractivity contribution is -0.116. The molecule has 0 unspecified atom stereocenters. The summed E-state index contributed by atoms with van der Waals surface area (Å²) in [6, 6.07) is 9.17. The summed E-state index contributed by atoms with van der Waals surface area (Å²) in [7, 11) is 0. The van der Waals surface area contributed by atoms with Crippen molar-refractivity contribution in [3.05, 3.63) is 47.1 Å². The van der Waals surface area contributed by atoms with Crippen LogP contribution in [0.15, 0.2) is 36.4 Å². The molecule has 2 rings (SSSR count). The maximum atomic E-state index is 11.3. The molecule has 2 N–H and O–H groups in total. The van der Waals surface area contributed by atoms with Gasteiger partial charge in [0.2, 0.25) is 5.91 Å². The summed E-state index contributed by atoms with van der Waals surface area (Å²) in [4.78, 5) is 15.7. The van der Waals surface area contributed by atoms with Crippen LogP contribution in [0.2, 0.25) is 5.02 Å². The molecule has 0 saturated carbocycles. The van der Waals surface area contributed by atoms with E-state index >= 15 is 0 Å². The lowest BCUT2D eigenvalue weighted by Crippen LogP contribution is -2.24. The van der Waals surface area contributed by atoms with Gasteiger partial charge in [-0.3, -0.25) is 4.79 Å². The van der Waals surface area contributed by atoms with Gasteiger partial charge in [-0.2, -0.15) is 0 Å². The number of carbonyl (C=O) groups excluding carboxylic acids is 1. The Morgan fingerprint density at radius 2 is 2.21 bits per heavy atom. The van der Waals surface area contributed by atoms with Gasteiger partial charge in [0, 0.05) is 23.0 Å². The van der Waals surface area contributed by atoms with Crippen molar-refractivity contribution in [1.82, 2.24) is 10.3 Å². The number of fused-ring (bicyclic) bond motifs is 1. The fourth-order valence-corrected chi connectivity index (χ4v) is 1.78. The highest BCUT2D eigenvalue weighted by Crippen LogP contribution is 2.18. The third-order valence-corrected chi connectivity index (χ3v) is 2.72. The molecule has 1 amide bonds. The number of carbonyl (C=O) groups is 1. The summed E-state index contributed by atoms with van der Waals surface area (Å²) in [5, 5.41) is 12.7. The Kier molecular flexibility index (Phi) is 4.49. The summed E-state index contributed by atoms with van der Waals surface area (Å²) in [5.74, 6) is -0.257. The average Bonchev–Trinajstić information content (AvgIpc) is 2.42. The number of aromatic nitrogens is 1. The molecule has 1 heterocycles. The Morgan fingerprint density at radius 1 is 1.37 bits per heavy atom. The van der Waals surface area contributed by atoms with Gasteiger partial charge in [-0.15, -0.1) is 0 Å². The molecule has 0 saturated heterocycles. The summed E-state index contributed by atoms with van der Waals surface area (Å²) < 4.78 is 0. The highest BCUT2D eigenvalue weighted by atomic mass is 35.5. The van der Waals surface area contributed by atoms with Gasteiger partial charge < -0.3 is 10.4 Å². The van der Waals surface area contributed by atoms with Gasteiger partial charge in [-0.25, -0.2) is 4.98 Å². The lowest BCUT2D eigenvalue weighted by atomic mass is 10.2. The topological polar surface area (TPSA) is 62.2 Å². The lowest BCUT2D eigenvalue weighted by Gasteiger charge is -2.00. The molecule has 0 aliphatic heterocycles. The monoisotopic (exact) mass is 276 g/mol. The summed E-state index contributed by atoms with van der Waals surface area (Å²) in [5.41, 5.74) is 1.51. The van der Waals surface area contributed by atoms with Gasteiger partial charge in [0.25, 0.3) is 0 Å². The van der Waals surface area contributed by atoms with Crippen LogP contribution in [0.5, 0.6) is 0 Å². The predicted molar refractivity (Wildman–Crippen MR) is 75.9 cm³/mol. The van der Waals surface area contributed by atoms with Crippen LogP contribution in [0.25, 0.3) is 17.0 Å². The van der Waals surface area contributed by atoms with E-state index in [1.807, 2.05) is 24.3 Å². The standard InChI is InChI=1S/C14H13ClN2O2/c15-11-2-5-13-10(9-11)1-3-12(17-13)4-6-14(19)16-7-8-18/h1-6,9,18H,7-8H2,(H,16,19)/b6-4+. The SMILES string of the molecule is O=C(/C=C/c1ccc2cc(Cl)ccc2n1)NCCO. The molecule has 4 nitrogen and oxygen atoms in total. The fraction of sp³-hybridized carbons (Fsp3) is 0.143. The third-order valence-electron chi connectivity index (χ3n) is 2.49. The smallest absolute Gasteiger partial charge is 0.244 e. The Labute approximate surface area is 115 Å². The van der Waals surface area contributed by atoms with Crippen molar-refractivity contribution < 1.29 is 9.90 Å². The van der Waals surface area contributed by atoms with Crippen LogP contribution in [-0.2, 0) is 4.79 Å². The first-order valence-electron chi connectivity index (χ1n) is 5.82. The van der Waals surface area contributed by atoms with Crippen LogP contribution in [-0.4, -0.2) is 29.1 Å². The number of pyridine rings is 1. The van der Waals surface area contributed by atoms with E-state index in [-0.39, 0.29) is 19.1 Å². The summed E-state index contributed by atoms with van der Waals surface area (Å²) in [6.07, 6.45) is 3.01. The third kappa shape index (κ3) is 3.77. The fourth-order valence-electron chi connectivity index (χ4n) is 1.60. The number of nitrogens with zero attached hydrogens (tertiary/aromatic N) is 1. The maximum Gasteiger partial charge on any atom is 0.244 e. The van der Waals surface area contributed by atoms with E-state index in [1.54, 1.807) is 12.1 Å². The van der Waals surface area contributed by atoms with Crippen molar-refractivity contribution >= 4 is 34.5 Å². The van der Waals surface area contributed by atoms with E-state index in [4.69, 9.17) is 16.7 Å². The number of rotatable bonds is 4. The molecule has 2 aromatic rings. The summed E-state index contributed by atoms with van der Waals surface area (Å²) in [6.45, 7) is 0.168. The van der Waals surface area contributed by atoms with E-state index in [2.05, 4.69) is 10.3 Å². The second-order valence-corrected chi connectivity index (χ2v) is 4.36. The van der Waals surface area contributed by atoms with Crippen LogP contribution in [0.3, 0.4) is 0 Å². The quantitative estimate of drug-likeness (QED) is 0.840. The zero-order valence-electron chi connectivity index (χ0n) is 10.1. The largest absolute Gasteiger partial charge is 0.395 e. The van der Waals surface area contributed by atoms with Crippen LogP contribution in [0, 0.1) is 0 Å². The van der Waals surface area contributed by atoms with E-state index < -0.39 is 0 Å². The highest BCUT2D eigenvalue weighted by molar-refractivity contribution is 6.31. The number of amides is 1. The number of nitrogens with one attached hydrogen (secondary N) is 1. The van der Waals surface area contributed by atoms with Gasteiger partial charge in [-0.05, 0) is 30.3 Å². The zero-order chi connectivity index (χ0) is 13.7. The minimum atomic E-state index is -0.257. The zero-order valence-corrected chi connectivity index (χ0v) is 10.9. The van der Waals surface area contributed by atoms with Crippen molar-refractivity contribution in [3.63, 3.8) is 0 Å². The van der Waals surface area contributed by atoms with Crippen molar-refractivity contribution in [2.75, 3.05) is 13.2 Å². The number of hydrogen-bond acceptors (Lipinski definition) is 3. The second-order valence-electron chi connectivity index (χ2n) is 3.92. The van der Waals surface area contributed by atoms with E-state index in [1.165, 1.54) is 6.08 Å². The van der Waals surface area contributed by atoms with Gasteiger partial charge in [-0.1, -0.05) is 17.7 Å². The van der Waals surface area contributed by atoms with E-state index in [9.17, 15) is 4.79 Å². The Hall–Kier alpha value is -1.91. The van der Waals surface area contributed by atoms with Crippen LogP contribution in [0.1, 0.15) is 5.69 Å². The minimum absolute atomic E-state index is 0.0748. The molecule has 5 heteroatoms. The van der Waals surface area contributed by atoms with Crippen molar-refractivity contribution in [2.45, 2.75) is 0 Å². The number of halogens is 1. The molecular formula is C14H13ClN2O2. The van der Waals surface area contributed by atoms with E-state index in [0.29, 0.717) is 10.7 Å². The van der Waals surface area contributed by atoms with Gasteiger partial charge >= 0.3 is 0 Å². The number of aliphatic hydroxyl groups is 1. The molecule has 98 valence electrons. The Balaban J connectivity index is 2.15. The molecule has 0 aliphatic carbocycles. The van der Waals surface area contributed by atoms with Crippen LogP contribution in [0.4, 0.5) is 0 Å². The van der Waals surface area contributed by atoms with Gasteiger partial charge in [0.05, 0.1) is 17.8 Å². The normalized spacial score (nSPS) is 11.1. The molecule has 0 fully saturated rings. The Morgan fingerprint density at radius 3 is 3.00 bits per heavy atom. The Bertz CT molecular complexity index is 626. The molecule has 1 aromatic carbocycles. The molecular weight excluding hydrogens is 264 g/mol. The minimum Gasteiger partial charge on any atom is -0.395 e. The molecule has 0 spiro atoms. The number of aliphatic hydroxyl groups excluding tert-OH is 1. The van der Waals surface area contributed by atoms with Gasteiger partial charge in [0.1, 0.15) is 0 Å². The maximum absolute atomic E-state index is 11.3. The second kappa shape index (κ2) is 6.31. The average molecular weight is 277 g/mol. The first-order valence-corrected chi connectivity index (χ1v) is 6.20. The number of hydrogen-bond donors (Lipinski definition) is 2.